The highest BCUT2D eigenvalue weighted by Gasteiger charge is 2.12. The van der Waals surface area contributed by atoms with Gasteiger partial charge < -0.3 is 5.11 Å². The summed E-state index contributed by atoms with van der Waals surface area (Å²) in [5, 5.41) is 20.1. The van der Waals surface area contributed by atoms with E-state index in [1.165, 1.54) is 10.7 Å². The zero-order chi connectivity index (χ0) is 15.5. The molecule has 0 aliphatic heterocycles. The van der Waals surface area contributed by atoms with E-state index in [-0.39, 0.29) is 16.3 Å². The highest BCUT2D eigenvalue weighted by molar-refractivity contribution is 7.71. The number of hydrogen-bond donors (Lipinski definition) is 2. The SMILES string of the molecule is Oc1ccc(C=Nn2c(-c3ccccc3F)n[nH]c2=S)cc1. The van der Waals surface area contributed by atoms with Gasteiger partial charge in [-0.1, -0.05) is 12.1 Å². The number of aromatic hydroxyl groups is 1. The maximum atomic E-state index is 13.9. The minimum Gasteiger partial charge on any atom is -0.508 e. The molecule has 0 radical (unpaired) electrons. The van der Waals surface area contributed by atoms with Crippen molar-refractivity contribution in [1.29, 1.82) is 0 Å². The number of halogens is 1. The number of nitrogens with one attached hydrogen (secondary N) is 1. The van der Waals surface area contributed by atoms with Crippen LogP contribution in [0.15, 0.2) is 53.6 Å². The lowest BCUT2D eigenvalue weighted by Gasteiger charge is -2.02. The first kappa shape index (κ1) is 14.2. The van der Waals surface area contributed by atoms with Gasteiger partial charge in [0.2, 0.25) is 4.77 Å². The molecule has 0 amide bonds. The Morgan fingerprint density at radius 1 is 1.18 bits per heavy atom. The smallest absolute Gasteiger partial charge is 0.216 e. The molecule has 1 heterocycles. The van der Waals surface area contributed by atoms with E-state index in [4.69, 9.17) is 12.2 Å². The third kappa shape index (κ3) is 2.79. The summed E-state index contributed by atoms with van der Waals surface area (Å²) in [5.41, 5.74) is 1.07. The first-order valence-electron chi connectivity index (χ1n) is 6.41. The largest absolute Gasteiger partial charge is 0.508 e. The highest BCUT2D eigenvalue weighted by Crippen LogP contribution is 2.20. The first-order chi connectivity index (χ1) is 10.6. The van der Waals surface area contributed by atoms with Gasteiger partial charge in [-0.05, 0) is 54.2 Å². The van der Waals surface area contributed by atoms with Crippen molar-refractivity contribution in [3.63, 3.8) is 0 Å². The number of hydrogen-bond acceptors (Lipinski definition) is 4. The molecule has 0 aliphatic carbocycles. The van der Waals surface area contributed by atoms with Crippen LogP contribution in [-0.4, -0.2) is 26.2 Å². The number of phenols is 1. The van der Waals surface area contributed by atoms with Crippen LogP contribution in [0.1, 0.15) is 5.56 Å². The molecule has 0 saturated carbocycles. The van der Waals surface area contributed by atoms with Crippen molar-refractivity contribution in [2.75, 3.05) is 0 Å². The second-order valence-electron chi connectivity index (χ2n) is 4.48. The van der Waals surface area contributed by atoms with Crippen LogP contribution in [0, 0.1) is 10.6 Å². The molecule has 110 valence electrons. The molecule has 0 bridgehead atoms. The van der Waals surface area contributed by atoms with Gasteiger partial charge in [-0.25, -0.2) is 9.49 Å². The van der Waals surface area contributed by atoms with Crippen LogP contribution in [0.2, 0.25) is 0 Å². The van der Waals surface area contributed by atoms with E-state index in [9.17, 15) is 9.50 Å². The van der Waals surface area contributed by atoms with Gasteiger partial charge in [0.1, 0.15) is 11.6 Å². The van der Waals surface area contributed by atoms with E-state index < -0.39 is 5.82 Å². The molecule has 5 nitrogen and oxygen atoms in total. The third-order valence-electron chi connectivity index (χ3n) is 2.98. The Hall–Kier alpha value is -2.80. The normalized spacial score (nSPS) is 11.1. The van der Waals surface area contributed by atoms with Crippen molar-refractivity contribution in [2.24, 2.45) is 5.10 Å². The van der Waals surface area contributed by atoms with Crippen molar-refractivity contribution in [3.8, 4) is 17.1 Å². The Balaban J connectivity index is 2.02. The predicted molar refractivity (Wildman–Crippen MR) is 83.9 cm³/mol. The number of H-pyrrole nitrogens is 1. The summed E-state index contributed by atoms with van der Waals surface area (Å²) in [6, 6.07) is 12.8. The van der Waals surface area contributed by atoms with Crippen LogP contribution in [0.4, 0.5) is 4.39 Å². The topological polar surface area (TPSA) is 66.2 Å². The summed E-state index contributed by atoms with van der Waals surface area (Å²) in [4.78, 5) is 0. The Bertz CT molecular complexity index is 883. The highest BCUT2D eigenvalue weighted by atomic mass is 32.1. The first-order valence-corrected chi connectivity index (χ1v) is 6.81. The summed E-state index contributed by atoms with van der Waals surface area (Å²) in [7, 11) is 0. The second kappa shape index (κ2) is 5.90. The summed E-state index contributed by atoms with van der Waals surface area (Å²) in [6.07, 6.45) is 1.55. The van der Waals surface area contributed by atoms with Crippen LogP contribution in [-0.2, 0) is 0 Å². The van der Waals surface area contributed by atoms with Crippen LogP contribution < -0.4 is 0 Å². The fourth-order valence-corrected chi connectivity index (χ4v) is 2.08. The summed E-state index contributed by atoms with van der Waals surface area (Å²) >= 11 is 5.12. The van der Waals surface area contributed by atoms with Gasteiger partial charge >= 0.3 is 0 Å². The molecule has 3 rings (SSSR count). The maximum Gasteiger partial charge on any atom is 0.216 e. The molecule has 3 aromatic rings. The lowest BCUT2D eigenvalue weighted by molar-refractivity contribution is 0.475. The Labute approximate surface area is 130 Å². The summed E-state index contributed by atoms with van der Waals surface area (Å²) in [5.74, 6) is 0.0554. The fourth-order valence-electron chi connectivity index (χ4n) is 1.90. The Morgan fingerprint density at radius 3 is 2.64 bits per heavy atom. The molecule has 2 aromatic carbocycles. The van der Waals surface area contributed by atoms with Gasteiger partial charge in [-0.3, -0.25) is 0 Å². The maximum absolute atomic E-state index is 13.9. The zero-order valence-corrected chi connectivity index (χ0v) is 12.1. The van der Waals surface area contributed by atoms with Crippen LogP contribution in [0.25, 0.3) is 11.4 Å². The summed E-state index contributed by atoms with van der Waals surface area (Å²) in [6.45, 7) is 0. The van der Waals surface area contributed by atoms with Gasteiger partial charge in [0.05, 0.1) is 11.8 Å². The van der Waals surface area contributed by atoms with Crippen LogP contribution >= 0.6 is 12.2 Å². The molecule has 7 heteroatoms. The molecule has 0 aliphatic rings. The number of benzene rings is 2. The van der Waals surface area contributed by atoms with Crippen molar-refractivity contribution >= 4 is 18.4 Å². The number of rotatable bonds is 3. The number of nitrogens with zero attached hydrogens (tertiary/aromatic N) is 3. The van der Waals surface area contributed by atoms with Gasteiger partial charge in [0.25, 0.3) is 0 Å². The van der Waals surface area contributed by atoms with Crippen molar-refractivity contribution in [2.45, 2.75) is 0 Å². The molecular weight excluding hydrogens is 303 g/mol. The predicted octanol–water partition coefficient (Wildman–Crippen LogP) is 3.33. The molecule has 0 saturated heterocycles. The average Bonchev–Trinajstić information content (AvgIpc) is 2.88. The van der Waals surface area contributed by atoms with E-state index in [0.717, 1.165) is 5.56 Å². The molecule has 22 heavy (non-hydrogen) atoms. The van der Waals surface area contributed by atoms with Crippen molar-refractivity contribution in [1.82, 2.24) is 14.9 Å². The number of phenolic OH excluding ortho intramolecular Hbond substituents is 1. The fraction of sp³-hybridized carbons (Fsp3) is 0. The lowest BCUT2D eigenvalue weighted by atomic mass is 10.2. The second-order valence-corrected chi connectivity index (χ2v) is 4.87. The van der Waals surface area contributed by atoms with E-state index in [1.807, 2.05) is 0 Å². The zero-order valence-electron chi connectivity index (χ0n) is 11.3. The minimum atomic E-state index is -0.405. The monoisotopic (exact) mass is 314 g/mol. The molecule has 2 N–H and O–H groups in total. The quantitative estimate of drug-likeness (QED) is 0.575. The number of aromatic amines is 1. The molecular formula is C15H11FN4OS. The van der Waals surface area contributed by atoms with Crippen LogP contribution in [0.3, 0.4) is 0 Å². The van der Waals surface area contributed by atoms with Crippen molar-refractivity contribution in [3.05, 3.63) is 64.7 Å². The van der Waals surface area contributed by atoms with E-state index in [0.29, 0.717) is 5.56 Å². The minimum absolute atomic E-state index is 0.170. The third-order valence-corrected chi connectivity index (χ3v) is 3.24. The number of aromatic nitrogens is 3. The molecule has 0 atom stereocenters. The van der Waals surface area contributed by atoms with Gasteiger partial charge in [-0.2, -0.15) is 14.9 Å². The average molecular weight is 314 g/mol. The van der Waals surface area contributed by atoms with E-state index >= 15 is 0 Å². The molecule has 0 spiro atoms. The Kier molecular flexibility index (Phi) is 3.80. The standard InChI is InChI=1S/C15H11FN4OS/c16-13-4-2-1-3-12(13)14-18-19-15(22)20(14)17-9-10-5-7-11(21)8-6-10/h1-9,21H,(H,19,22). The Morgan fingerprint density at radius 2 is 1.91 bits per heavy atom. The molecule has 1 aromatic heterocycles. The molecule has 0 fully saturated rings. The molecule has 0 unspecified atom stereocenters. The van der Waals surface area contributed by atoms with Gasteiger partial charge in [-0.15, -0.1) is 0 Å². The van der Waals surface area contributed by atoms with Crippen molar-refractivity contribution < 1.29 is 9.50 Å². The van der Waals surface area contributed by atoms with E-state index in [1.54, 1.807) is 48.7 Å². The van der Waals surface area contributed by atoms with E-state index in [2.05, 4.69) is 15.3 Å². The van der Waals surface area contributed by atoms with Gasteiger partial charge in [0, 0.05) is 0 Å². The van der Waals surface area contributed by atoms with Gasteiger partial charge in [0.15, 0.2) is 5.82 Å². The summed E-state index contributed by atoms with van der Waals surface area (Å²) < 4.78 is 15.5. The van der Waals surface area contributed by atoms with Crippen LogP contribution in [0.5, 0.6) is 5.75 Å². The lowest BCUT2D eigenvalue weighted by Crippen LogP contribution is -1.96.